The second-order valence-electron chi connectivity index (χ2n) is 9.24. The molecule has 0 radical (unpaired) electrons. The highest BCUT2D eigenvalue weighted by molar-refractivity contribution is 5.83. The van der Waals surface area contributed by atoms with Gasteiger partial charge in [0, 0.05) is 23.3 Å². The third kappa shape index (κ3) is 3.23. The molecule has 2 fully saturated rings. The highest BCUT2D eigenvalue weighted by Gasteiger charge is 2.34. The van der Waals surface area contributed by atoms with Crippen molar-refractivity contribution in [3.8, 4) is 0 Å². The van der Waals surface area contributed by atoms with Crippen LogP contribution in [0.25, 0.3) is 16.4 Å². The molecule has 1 N–H and O–H groups in total. The minimum atomic E-state index is -0.469. The van der Waals surface area contributed by atoms with Crippen LogP contribution < -0.4 is 0 Å². The van der Waals surface area contributed by atoms with E-state index < -0.39 is 6.10 Å². The van der Waals surface area contributed by atoms with Crippen LogP contribution in [0.2, 0.25) is 0 Å². The first kappa shape index (κ1) is 18.9. The van der Waals surface area contributed by atoms with Gasteiger partial charge in [0.05, 0.1) is 24.1 Å². The molecular formula is C26H26FN3O. The second-order valence-corrected chi connectivity index (χ2v) is 9.24. The summed E-state index contributed by atoms with van der Waals surface area (Å²) in [5.74, 6) is 0.938. The fourth-order valence-electron chi connectivity index (χ4n) is 5.60. The summed E-state index contributed by atoms with van der Waals surface area (Å²) in [7, 11) is 0. The molecule has 1 aromatic carbocycles. The lowest BCUT2D eigenvalue weighted by atomic mass is 9.74. The van der Waals surface area contributed by atoms with Crippen molar-refractivity contribution < 1.29 is 9.50 Å². The molecule has 4 nitrogen and oxygen atoms in total. The SMILES string of the molecule is O[C@H](c1c(C2CC2)ccn2cncc12)C1CCC(c2ccnc3c(F)cccc23)CC1. The van der Waals surface area contributed by atoms with Crippen molar-refractivity contribution in [1.29, 1.82) is 0 Å². The molecule has 1 atom stereocenters. The van der Waals surface area contributed by atoms with E-state index in [2.05, 4.69) is 22.2 Å². The van der Waals surface area contributed by atoms with Crippen LogP contribution >= 0.6 is 0 Å². The Morgan fingerprint density at radius 1 is 0.968 bits per heavy atom. The molecule has 31 heavy (non-hydrogen) atoms. The van der Waals surface area contributed by atoms with Gasteiger partial charge in [-0.15, -0.1) is 0 Å². The lowest BCUT2D eigenvalue weighted by Gasteiger charge is -2.33. The summed E-state index contributed by atoms with van der Waals surface area (Å²) in [6.07, 6.45) is 13.4. The standard InChI is InChI=1S/C26H26FN3O/c27-22-3-1-2-21-19(10-12-29-25(21)22)16-6-8-18(9-7-16)26(31)24-20(17-4-5-17)11-13-30-15-28-14-23(24)30/h1-3,10-18,26,31H,4-9H2/t16?,18?,26-/m0/s1. The van der Waals surface area contributed by atoms with E-state index in [4.69, 9.17) is 0 Å². The molecule has 0 aliphatic heterocycles. The zero-order valence-corrected chi connectivity index (χ0v) is 17.4. The highest BCUT2D eigenvalue weighted by Crippen LogP contribution is 2.48. The number of aromatic nitrogens is 3. The van der Waals surface area contributed by atoms with Gasteiger partial charge in [0.2, 0.25) is 0 Å². The summed E-state index contributed by atoms with van der Waals surface area (Å²) in [6.45, 7) is 0. The number of aliphatic hydroxyl groups is 1. The van der Waals surface area contributed by atoms with E-state index in [9.17, 15) is 9.50 Å². The van der Waals surface area contributed by atoms with Crippen LogP contribution in [-0.2, 0) is 0 Å². The summed E-state index contributed by atoms with van der Waals surface area (Å²) in [5, 5.41) is 12.4. The Bertz CT molecular complexity index is 1250. The fraction of sp³-hybridized carbons (Fsp3) is 0.385. The first-order valence-electron chi connectivity index (χ1n) is 11.4. The van der Waals surface area contributed by atoms with Crippen LogP contribution in [0.15, 0.2) is 55.2 Å². The molecule has 3 heterocycles. The van der Waals surface area contributed by atoms with Gasteiger partial charge in [0.25, 0.3) is 0 Å². The zero-order chi connectivity index (χ0) is 20.9. The third-order valence-electron chi connectivity index (χ3n) is 7.39. The number of rotatable bonds is 4. The topological polar surface area (TPSA) is 50.4 Å². The molecule has 0 unspecified atom stereocenters. The van der Waals surface area contributed by atoms with Crippen molar-refractivity contribution in [3.63, 3.8) is 0 Å². The van der Waals surface area contributed by atoms with E-state index in [0.29, 0.717) is 17.4 Å². The monoisotopic (exact) mass is 415 g/mol. The maximum Gasteiger partial charge on any atom is 0.149 e. The maximum absolute atomic E-state index is 14.2. The summed E-state index contributed by atoms with van der Waals surface area (Å²) >= 11 is 0. The molecule has 0 amide bonds. The largest absolute Gasteiger partial charge is 0.388 e. The lowest BCUT2D eigenvalue weighted by molar-refractivity contribution is 0.0811. The van der Waals surface area contributed by atoms with Crippen molar-refractivity contribution in [2.75, 3.05) is 0 Å². The molecule has 3 aromatic heterocycles. The summed E-state index contributed by atoms with van der Waals surface area (Å²) in [5.41, 5.74) is 5.08. The maximum atomic E-state index is 14.2. The Morgan fingerprint density at radius 2 is 1.74 bits per heavy atom. The Balaban J connectivity index is 1.27. The van der Waals surface area contributed by atoms with E-state index in [1.807, 2.05) is 29.1 Å². The van der Waals surface area contributed by atoms with Gasteiger partial charge in [-0.1, -0.05) is 12.1 Å². The van der Waals surface area contributed by atoms with Crippen LogP contribution in [0, 0.1) is 11.7 Å². The van der Waals surface area contributed by atoms with Gasteiger partial charge >= 0.3 is 0 Å². The first-order valence-corrected chi connectivity index (χ1v) is 11.4. The average molecular weight is 416 g/mol. The second kappa shape index (κ2) is 7.41. The predicted octanol–water partition coefficient (Wildman–Crippen LogP) is 5.91. The van der Waals surface area contributed by atoms with Crippen molar-refractivity contribution in [2.45, 2.75) is 56.5 Å². The van der Waals surface area contributed by atoms with Crippen LogP contribution in [0.3, 0.4) is 0 Å². The third-order valence-corrected chi connectivity index (χ3v) is 7.39. The molecule has 6 rings (SSSR count). The number of pyridine rings is 2. The van der Waals surface area contributed by atoms with Gasteiger partial charge in [-0.2, -0.15) is 0 Å². The molecule has 158 valence electrons. The number of hydrogen-bond acceptors (Lipinski definition) is 3. The van der Waals surface area contributed by atoms with E-state index in [1.54, 1.807) is 12.3 Å². The number of halogens is 1. The van der Waals surface area contributed by atoms with Gasteiger partial charge in [0.15, 0.2) is 0 Å². The van der Waals surface area contributed by atoms with E-state index >= 15 is 0 Å². The van der Waals surface area contributed by atoms with Gasteiger partial charge in [-0.3, -0.25) is 4.98 Å². The Morgan fingerprint density at radius 3 is 2.55 bits per heavy atom. The van der Waals surface area contributed by atoms with Crippen molar-refractivity contribution >= 4 is 16.4 Å². The molecule has 2 aliphatic carbocycles. The van der Waals surface area contributed by atoms with E-state index in [0.717, 1.165) is 42.1 Å². The van der Waals surface area contributed by atoms with Crippen molar-refractivity contribution in [1.82, 2.24) is 14.4 Å². The van der Waals surface area contributed by atoms with Crippen molar-refractivity contribution in [3.05, 3.63) is 77.8 Å². The van der Waals surface area contributed by atoms with Crippen LogP contribution in [-0.4, -0.2) is 19.5 Å². The van der Waals surface area contributed by atoms with E-state index in [1.165, 1.54) is 30.0 Å². The molecule has 0 bridgehead atoms. The van der Waals surface area contributed by atoms with E-state index in [-0.39, 0.29) is 11.7 Å². The molecule has 0 saturated heterocycles. The minimum Gasteiger partial charge on any atom is -0.388 e. The van der Waals surface area contributed by atoms with Gasteiger partial charge in [0.1, 0.15) is 11.3 Å². The normalized spacial score (nSPS) is 22.8. The Kier molecular flexibility index (Phi) is 4.53. The summed E-state index contributed by atoms with van der Waals surface area (Å²) in [4.78, 5) is 8.57. The minimum absolute atomic E-state index is 0.236. The highest BCUT2D eigenvalue weighted by atomic mass is 19.1. The average Bonchev–Trinajstić information content (AvgIpc) is 3.54. The number of imidazole rings is 1. The van der Waals surface area contributed by atoms with Gasteiger partial charge < -0.3 is 9.51 Å². The number of nitrogens with zero attached hydrogens (tertiary/aromatic N) is 3. The van der Waals surface area contributed by atoms with Crippen LogP contribution in [0.5, 0.6) is 0 Å². The molecule has 0 spiro atoms. The first-order chi connectivity index (χ1) is 15.2. The molecular weight excluding hydrogens is 389 g/mol. The number of aliphatic hydroxyl groups excluding tert-OH is 1. The molecule has 2 saturated carbocycles. The smallest absolute Gasteiger partial charge is 0.149 e. The summed E-state index contributed by atoms with van der Waals surface area (Å²) in [6, 6.07) is 9.43. The zero-order valence-electron chi connectivity index (χ0n) is 17.4. The van der Waals surface area contributed by atoms with Gasteiger partial charge in [-0.25, -0.2) is 9.37 Å². The van der Waals surface area contributed by atoms with Crippen LogP contribution in [0.1, 0.15) is 73.2 Å². The Labute approximate surface area is 180 Å². The quantitative estimate of drug-likeness (QED) is 0.451. The molecule has 4 aromatic rings. The predicted molar refractivity (Wildman–Crippen MR) is 119 cm³/mol. The molecule has 5 heteroatoms. The van der Waals surface area contributed by atoms with Crippen LogP contribution in [0.4, 0.5) is 4.39 Å². The molecule has 2 aliphatic rings. The number of benzene rings is 1. The van der Waals surface area contributed by atoms with Gasteiger partial charge in [-0.05, 0) is 85.6 Å². The number of fused-ring (bicyclic) bond motifs is 2. The Hall–Kier alpha value is -2.79. The fourth-order valence-corrected chi connectivity index (χ4v) is 5.60. The summed E-state index contributed by atoms with van der Waals surface area (Å²) < 4.78 is 16.2. The number of para-hydroxylation sites is 1. The van der Waals surface area contributed by atoms with Crippen molar-refractivity contribution in [2.24, 2.45) is 5.92 Å². The number of hydrogen-bond donors (Lipinski definition) is 1. The lowest BCUT2D eigenvalue weighted by Crippen LogP contribution is -2.21.